The zero-order valence-electron chi connectivity index (χ0n) is 14.5. The molecule has 4 nitrogen and oxygen atoms in total. The van der Waals surface area contributed by atoms with E-state index in [0.29, 0.717) is 0 Å². The van der Waals surface area contributed by atoms with E-state index < -0.39 is 0 Å². The van der Waals surface area contributed by atoms with Gasteiger partial charge in [-0.1, -0.05) is 12.1 Å². The number of H-pyrrole nitrogens is 1. The molecule has 1 aromatic carbocycles. The fourth-order valence-electron chi connectivity index (χ4n) is 2.92. The number of nitrogens with one attached hydrogen (secondary N) is 1. The third-order valence-corrected chi connectivity index (χ3v) is 4.22. The zero-order valence-corrected chi connectivity index (χ0v) is 14.5. The van der Waals surface area contributed by atoms with Gasteiger partial charge in [-0.25, -0.2) is 4.39 Å². The van der Waals surface area contributed by atoms with Gasteiger partial charge in [-0.2, -0.15) is 5.10 Å². The molecule has 0 spiro atoms. The summed E-state index contributed by atoms with van der Waals surface area (Å²) < 4.78 is 13.3. The molecule has 132 valence electrons. The lowest BCUT2D eigenvalue weighted by Crippen LogP contribution is -1.86. The molecule has 0 amide bonds. The van der Waals surface area contributed by atoms with Gasteiger partial charge in [0.25, 0.3) is 0 Å². The summed E-state index contributed by atoms with van der Waals surface area (Å²) in [7, 11) is 0. The highest BCUT2D eigenvalue weighted by Crippen LogP contribution is 2.33. The Morgan fingerprint density at radius 3 is 2.44 bits per heavy atom. The van der Waals surface area contributed by atoms with E-state index in [2.05, 4.69) is 26.2 Å². The average Bonchev–Trinajstić information content (AvgIpc) is 3.14. The van der Waals surface area contributed by atoms with Crippen molar-refractivity contribution in [2.45, 2.75) is 6.42 Å². The topological polar surface area (TPSA) is 54.5 Å². The first-order valence-corrected chi connectivity index (χ1v) is 8.62. The van der Waals surface area contributed by atoms with Gasteiger partial charge in [0.05, 0.1) is 5.69 Å². The van der Waals surface area contributed by atoms with E-state index in [0.717, 1.165) is 40.2 Å². The van der Waals surface area contributed by atoms with Crippen molar-refractivity contribution < 1.29 is 4.39 Å². The summed E-state index contributed by atoms with van der Waals surface area (Å²) in [5.41, 5.74) is 5.47. The molecule has 1 N–H and O–H groups in total. The van der Waals surface area contributed by atoms with E-state index >= 15 is 0 Å². The van der Waals surface area contributed by atoms with Crippen molar-refractivity contribution in [1.82, 2.24) is 20.2 Å². The molecule has 3 heterocycles. The Morgan fingerprint density at radius 1 is 0.889 bits per heavy atom. The SMILES string of the molecule is Fc1ccc(-c2n[nH]c(C=CCc3ccccn3)c2-c2ccncc2)cc1. The van der Waals surface area contributed by atoms with Crippen molar-refractivity contribution in [3.63, 3.8) is 0 Å². The van der Waals surface area contributed by atoms with Gasteiger partial charge in [-0.3, -0.25) is 15.1 Å². The summed E-state index contributed by atoms with van der Waals surface area (Å²) in [5.74, 6) is -0.268. The minimum Gasteiger partial charge on any atom is -0.277 e. The van der Waals surface area contributed by atoms with E-state index in [1.807, 2.05) is 36.4 Å². The smallest absolute Gasteiger partial charge is 0.123 e. The van der Waals surface area contributed by atoms with Crippen LogP contribution in [0.2, 0.25) is 0 Å². The maximum absolute atomic E-state index is 13.3. The van der Waals surface area contributed by atoms with Crippen LogP contribution >= 0.6 is 0 Å². The summed E-state index contributed by atoms with van der Waals surface area (Å²) in [6.07, 6.45) is 10.1. The molecular formula is C22H17FN4. The van der Waals surface area contributed by atoms with Crippen LogP contribution in [0.4, 0.5) is 4.39 Å². The molecule has 0 saturated carbocycles. The largest absolute Gasteiger partial charge is 0.277 e. The lowest BCUT2D eigenvalue weighted by atomic mass is 9.99. The highest BCUT2D eigenvalue weighted by atomic mass is 19.1. The molecular weight excluding hydrogens is 339 g/mol. The maximum Gasteiger partial charge on any atom is 0.123 e. The minimum absolute atomic E-state index is 0.268. The summed E-state index contributed by atoms with van der Waals surface area (Å²) in [6.45, 7) is 0. The fourth-order valence-corrected chi connectivity index (χ4v) is 2.92. The Hall–Kier alpha value is -3.60. The Bertz CT molecular complexity index is 1040. The molecule has 27 heavy (non-hydrogen) atoms. The molecule has 0 saturated heterocycles. The molecule has 4 aromatic rings. The summed E-state index contributed by atoms with van der Waals surface area (Å²) in [6, 6.07) is 16.1. The zero-order chi connectivity index (χ0) is 18.5. The van der Waals surface area contributed by atoms with Crippen LogP contribution in [0.25, 0.3) is 28.5 Å². The van der Waals surface area contributed by atoms with Gasteiger partial charge in [0, 0.05) is 41.8 Å². The first kappa shape index (κ1) is 16.8. The Balaban J connectivity index is 1.72. The van der Waals surface area contributed by atoms with Crippen molar-refractivity contribution >= 4 is 6.08 Å². The van der Waals surface area contributed by atoms with Gasteiger partial charge in [-0.15, -0.1) is 0 Å². The van der Waals surface area contributed by atoms with Gasteiger partial charge >= 0.3 is 0 Å². The molecule has 0 aliphatic carbocycles. The summed E-state index contributed by atoms with van der Waals surface area (Å²) >= 11 is 0. The molecule has 0 fully saturated rings. The number of allylic oxidation sites excluding steroid dienone is 1. The number of benzene rings is 1. The number of rotatable bonds is 5. The van der Waals surface area contributed by atoms with Gasteiger partial charge in [0.1, 0.15) is 11.5 Å². The van der Waals surface area contributed by atoms with Crippen molar-refractivity contribution in [1.29, 1.82) is 0 Å². The van der Waals surface area contributed by atoms with Crippen LogP contribution in [0, 0.1) is 5.82 Å². The second-order valence-electron chi connectivity index (χ2n) is 6.03. The van der Waals surface area contributed by atoms with Crippen molar-refractivity contribution in [2.75, 3.05) is 0 Å². The number of halogens is 1. The fraction of sp³-hybridized carbons (Fsp3) is 0.0455. The molecule has 0 bridgehead atoms. The van der Waals surface area contributed by atoms with E-state index in [1.165, 1.54) is 12.1 Å². The molecule has 0 aliphatic heterocycles. The average molecular weight is 356 g/mol. The number of hydrogen-bond acceptors (Lipinski definition) is 3. The van der Waals surface area contributed by atoms with Crippen LogP contribution in [0.15, 0.2) is 79.3 Å². The number of aromatic nitrogens is 4. The number of aromatic amines is 1. The summed E-state index contributed by atoms with van der Waals surface area (Å²) in [5, 5.41) is 7.58. The van der Waals surface area contributed by atoms with Gasteiger partial charge in [-0.05, 0) is 60.2 Å². The van der Waals surface area contributed by atoms with Crippen LogP contribution < -0.4 is 0 Å². The number of pyridine rings is 2. The van der Waals surface area contributed by atoms with Gasteiger partial charge in [0.15, 0.2) is 0 Å². The van der Waals surface area contributed by atoms with Crippen LogP contribution in [-0.2, 0) is 6.42 Å². The Morgan fingerprint density at radius 2 is 1.70 bits per heavy atom. The second kappa shape index (κ2) is 7.74. The lowest BCUT2D eigenvalue weighted by Gasteiger charge is -2.05. The van der Waals surface area contributed by atoms with E-state index in [-0.39, 0.29) is 5.82 Å². The van der Waals surface area contributed by atoms with Crippen LogP contribution in [0.1, 0.15) is 11.4 Å². The molecule has 0 aliphatic rings. The Labute approximate surface area is 156 Å². The highest BCUT2D eigenvalue weighted by molar-refractivity contribution is 5.86. The normalized spacial score (nSPS) is 11.1. The standard InChI is InChI=1S/C22H17FN4/c23-18-9-7-17(8-10-18)22-21(16-11-14-24-15-12-16)20(26-27-22)6-3-5-19-4-1-2-13-25-19/h1-4,6-15H,5H2,(H,26,27). The van der Waals surface area contributed by atoms with Crippen LogP contribution in [-0.4, -0.2) is 20.2 Å². The quantitative estimate of drug-likeness (QED) is 0.552. The highest BCUT2D eigenvalue weighted by Gasteiger charge is 2.15. The lowest BCUT2D eigenvalue weighted by molar-refractivity contribution is 0.628. The van der Waals surface area contributed by atoms with E-state index in [4.69, 9.17) is 0 Å². The van der Waals surface area contributed by atoms with Crippen LogP contribution in [0.3, 0.4) is 0 Å². The molecule has 4 rings (SSSR count). The number of nitrogens with zero attached hydrogens (tertiary/aromatic N) is 3. The van der Waals surface area contributed by atoms with Crippen LogP contribution in [0.5, 0.6) is 0 Å². The predicted molar refractivity (Wildman–Crippen MR) is 104 cm³/mol. The molecule has 0 unspecified atom stereocenters. The second-order valence-corrected chi connectivity index (χ2v) is 6.03. The van der Waals surface area contributed by atoms with Gasteiger partial charge in [0.2, 0.25) is 0 Å². The predicted octanol–water partition coefficient (Wildman–Crippen LogP) is 4.93. The summed E-state index contributed by atoms with van der Waals surface area (Å²) in [4.78, 5) is 8.42. The maximum atomic E-state index is 13.3. The van der Waals surface area contributed by atoms with E-state index in [9.17, 15) is 4.39 Å². The molecule has 3 aromatic heterocycles. The molecule has 0 radical (unpaired) electrons. The van der Waals surface area contributed by atoms with Crippen molar-refractivity contribution in [2.24, 2.45) is 0 Å². The van der Waals surface area contributed by atoms with Crippen molar-refractivity contribution in [3.05, 3.63) is 96.5 Å². The molecule has 5 heteroatoms. The third-order valence-electron chi connectivity index (χ3n) is 4.22. The first-order valence-electron chi connectivity index (χ1n) is 8.62. The van der Waals surface area contributed by atoms with E-state index in [1.54, 1.807) is 30.7 Å². The van der Waals surface area contributed by atoms with Crippen molar-refractivity contribution in [3.8, 4) is 22.4 Å². The Kier molecular flexibility index (Phi) is 4.83. The monoisotopic (exact) mass is 356 g/mol. The third kappa shape index (κ3) is 3.82. The first-order chi connectivity index (χ1) is 13.3. The molecule has 0 atom stereocenters. The van der Waals surface area contributed by atoms with Gasteiger partial charge < -0.3 is 0 Å². The number of hydrogen-bond donors (Lipinski definition) is 1. The minimum atomic E-state index is -0.268.